The smallest absolute Gasteiger partial charge is 0.297 e. The van der Waals surface area contributed by atoms with Crippen molar-refractivity contribution in [3.05, 3.63) is 170 Å². The van der Waals surface area contributed by atoms with E-state index >= 15 is 0 Å². The van der Waals surface area contributed by atoms with E-state index in [1.54, 1.807) is 50.4 Å². The Morgan fingerprint density at radius 2 is 1.23 bits per heavy atom. The number of rotatable bonds is 17. The van der Waals surface area contributed by atoms with Crippen LogP contribution < -0.4 is 0 Å². The molecule has 2 bridgehead atoms. The molecule has 1 aliphatic heterocycles. The van der Waals surface area contributed by atoms with Gasteiger partial charge in [-0.05, 0) is 73.2 Å². The topological polar surface area (TPSA) is 216 Å². The van der Waals surface area contributed by atoms with Crippen LogP contribution in [0.25, 0.3) is 0 Å². The number of pyridine rings is 1. The van der Waals surface area contributed by atoms with Crippen molar-refractivity contribution in [1.82, 2.24) is 23.2 Å². The molecule has 21 heteroatoms. The molecule has 4 aromatic carbocycles. The van der Waals surface area contributed by atoms with Crippen LogP contribution >= 0.6 is 7.75 Å². The normalized spacial score (nSPS) is 15.4. The van der Waals surface area contributed by atoms with E-state index in [9.17, 15) is 41.6 Å². The fourth-order valence-electron chi connectivity index (χ4n) is 7.51. The maximum absolute atomic E-state index is 14.5. The van der Waals surface area contributed by atoms with E-state index in [0.717, 1.165) is 28.8 Å². The lowest BCUT2D eigenvalue weighted by Gasteiger charge is -2.33. The highest BCUT2D eigenvalue weighted by Crippen LogP contribution is 2.51. The van der Waals surface area contributed by atoms with Gasteiger partial charge in [-0.2, -0.15) is 8.61 Å². The summed E-state index contributed by atoms with van der Waals surface area (Å²) < 4.78 is 86.6. The van der Waals surface area contributed by atoms with Crippen LogP contribution in [0.2, 0.25) is 0 Å². The summed E-state index contributed by atoms with van der Waals surface area (Å²) in [6.07, 6.45) is 2.47. The number of nitro benzene ring substituents is 2. The monoisotopic (exact) mass is 949 g/mol. The fraction of sp³-hybridized carbons (Fsp3) is 0.341. The highest BCUT2D eigenvalue weighted by molar-refractivity contribution is 7.89. The number of hydrogen-bond donors (Lipinski definition) is 0. The zero-order chi connectivity index (χ0) is 46.6. The minimum Gasteiger partial charge on any atom is -0.297 e. The lowest BCUT2D eigenvalue weighted by atomic mass is 10.1. The van der Waals surface area contributed by atoms with Crippen LogP contribution in [-0.2, 0) is 66.1 Å². The Bertz CT molecular complexity index is 2690. The van der Waals surface area contributed by atoms with Crippen molar-refractivity contribution in [2.24, 2.45) is 0 Å². The number of nitro groups is 2. The van der Waals surface area contributed by atoms with E-state index in [0.29, 0.717) is 43.7 Å². The summed E-state index contributed by atoms with van der Waals surface area (Å²) in [4.78, 5) is 28.0. The Morgan fingerprint density at radius 1 is 0.662 bits per heavy atom. The van der Waals surface area contributed by atoms with Crippen LogP contribution in [0.5, 0.6) is 0 Å². The number of hydrogen-bond acceptors (Lipinski definition) is 13. The van der Waals surface area contributed by atoms with E-state index in [2.05, 4.69) is 9.88 Å². The number of para-hydroxylation sites is 2. The van der Waals surface area contributed by atoms with Gasteiger partial charge in [-0.3, -0.25) is 39.2 Å². The van der Waals surface area contributed by atoms with Gasteiger partial charge < -0.3 is 0 Å². The molecule has 0 aliphatic carbocycles. The molecule has 0 N–H and O–H groups in total. The molecule has 0 spiro atoms. The highest BCUT2D eigenvalue weighted by Gasteiger charge is 2.37. The van der Waals surface area contributed by atoms with E-state index < -0.39 is 58.8 Å². The molecule has 2 heterocycles. The summed E-state index contributed by atoms with van der Waals surface area (Å²) in [6, 6.07) is 30.8. The maximum Gasteiger partial charge on any atom is 0.408 e. The average Bonchev–Trinajstić information content (AvgIpc) is 3.29. The molecule has 6 rings (SSSR count). The summed E-state index contributed by atoms with van der Waals surface area (Å²) >= 11 is 0. The number of nitrogens with zero attached hydrogens (tertiary/aromatic N) is 7. The molecule has 0 amide bonds. The Hall–Kier alpha value is -5.28. The van der Waals surface area contributed by atoms with Gasteiger partial charge >= 0.3 is 7.75 Å². The van der Waals surface area contributed by atoms with Crippen molar-refractivity contribution in [1.29, 1.82) is 0 Å². The van der Waals surface area contributed by atoms with Gasteiger partial charge in [0.25, 0.3) is 21.4 Å². The van der Waals surface area contributed by atoms with Gasteiger partial charge in [0, 0.05) is 70.7 Å². The minimum atomic E-state index is -4.42. The van der Waals surface area contributed by atoms with Crippen LogP contribution in [0.15, 0.2) is 131 Å². The molecule has 0 unspecified atom stereocenters. The predicted molar refractivity (Wildman–Crippen MR) is 244 cm³/mol. The Morgan fingerprint density at radius 3 is 1.85 bits per heavy atom. The number of benzene rings is 4. The van der Waals surface area contributed by atoms with E-state index in [1.165, 1.54) is 49.7 Å². The van der Waals surface area contributed by atoms with Crippen molar-refractivity contribution in [2.45, 2.75) is 56.1 Å². The zero-order valence-corrected chi connectivity index (χ0v) is 38.7. The fourth-order valence-corrected chi connectivity index (χ4v) is 12.4. The number of fused-ring (bicyclic) bond motifs is 2. The van der Waals surface area contributed by atoms with Crippen molar-refractivity contribution < 1.29 is 40.3 Å². The average molecular weight is 950 g/mol. The van der Waals surface area contributed by atoms with Crippen molar-refractivity contribution in [2.75, 3.05) is 52.5 Å². The van der Waals surface area contributed by atoms with E-state index in [-0.39, 0.29) is 52.5 Å². The van der Waals surface area contributed by atoms with Crippen LogP contribution in [-0.4, -0.2) is 102 Å². The first-order valence-corrected chi connectivity index (χ1v) is 25.4. The molecule has 5 aromatic rings. The van der Waals surface area contributed by atoms with Crippen LogP contribution in [0.4, 0.5) is 11.4 Å². The first-order chi connectivity index (χ1) is 31.1. The van der Waals surface area contributed by atoms with Gasteiger partial charge in [0.15, 0.2) is 9.79 Å². The third-order valence-corrected chi connectivity index (χ3v) is 16.8. The van der Waals surface area contributed by atoms with Crippen LogP contribution in [0, 0.1) is 20.2 Å². The van der Waals surface area contributed by atoms with Gasteiger partial charge in [-0.25, -0.2) is 26.1 Å². The second-order valence-electron chi connectivity index (χ2n) is 15.1. The SMILES string of the molecule is CCOP(=O)(OCC)N1CCN(Cc2ccc(CN(Cc3ccccn3)S(=O)(=O)c3ccccc3[N+](=O)[O-])cc2)CCc2cccc(c2)CCN(S(=O)(=O)c2ccccc2[N+](=O)[O-])CC1. The van der Waals surface area contributed by atoms with E-state index in [4.69, 9.17) is 9.05 Å². The third-order valence-electron chi connectivity index (χ3n) is 10.8. The highest BCUT2D eigenvalue weighted by atomic mass is 32.2. The Balaban J connectivity index is 1.28. The van der Waals surface area contributed by atoms with Crippen LogP contribution in [0.3, 0.4) is 0 Å². The molecule has 346 valence electrons. The molecule has 1 aliphatic rings. The minimum absolute atomic E-state index is 0.000375. The van der Waals surface area contributed by atoms with Crippen molar-refractivity contribution in [3.63, 3.8) is 0 Å². The first-order valence-electron chi connectivity index (χ1n) is 21.0. The summed E-state index contributed by atoms with van der Waals surface area (Å²) in [5.41, 5.74) is 2.77. The Kier molecular flexibility index (Phi) is 16.8. The molecule has 0 atom stereocenters. The first kappa shape index (κ1) is 49.2. The standard InChI is InChI=1S/C44H52N7O11PS2/c1-3-61-63(56,62-4-2)47-29-28-46(26-23-36-12-11-13-37(32-36)24-27-48(31-30-47)64(57,58)43-17-7-5-15-41(43)50(52)53)33-38-19-21-39(22-20-38)34-49(35-40-14-9-10-25-45-40)65(59,60)44-18-8-6-16-42(44)51(54)55/h5-22,25,32H,3-4,23-24,26-31,33-35H2,1-2H3. The van der Waals surface area contributed by atoms with Gasteiger partial charge in [0.1, 0.15) is 0 Å². The zero-order valence-electron chi connectivity index (χ0n) is 36.1. The molecule has 0 fully saturated rings. The number of aromatic nitrogens is 1. The summed E-state index contributed by atoms with van der Waals surface area (Å²) in [7, 11) is -12.8. The number of sulfonamides is 2. The second kappa shape index (κ2) is 22.3. The lowest BCUT2D eigenvalue weighted by Crippen LogP contribution is -2.42. The van der Waals surface area contributed by atoms with Crippen LogP contribution in [0.1, 0.15) is 41.8 Å². The molecule has 65 heavy (non-hydrogen) atoms. The van der Waals surface area contributed by atoms with Gasteiger partial charge in [-0.15, -0.1) is 0 Å². The summed E-state index contributed by atoms with van der Waals surface area (Å²) in [5, 5.41) is 23.8. The third kappa shape index (κ3) is 12.5. The van der Waals surface area contributed by atoms with Crippen molar-refractivity contribution in [3.8, 4) is 0 Å². The summed E-state index contributed by atoms with van der Waals surface area (Å²) in [5.74, 6) is 0. The molecule has 0 radical (unpaired) electrons. The van der Waals surface area contributed by atoms with E-state index in [1.807, 2.05) is 36.4 Å². The van der Waals surface area contributed by atoms with Crippen molar-refractivity contribution >= 4 is 39.2 Å². The Labute approximate surface area is 379 Å². The quantitative estimate of drug-likeness (QED) is 0.0518. The second-order valence-corrected chi connectivity index (χ2v) is 21.0. The molecule has 1 aromatic heterocycles. The molecule has 18 nitrogen and oxygen atoms in total. The molecular formula is C44H52N7O11PS2. The lowest BCUT2D eigenvalue weighted by molar-refractivity contribution is -0.388. The predicted octanol–water partition coefficient (Wildman–Crippen LogP) is 7.06. The van der Waals surface area contributed by atoms with Gasteiger partial charge in [0.2, 0.25) is 10.0 Å². The largest absolute Gasteiger partial charge is 0.408 e. The molecular weight excluding hydrogens is 898 g/mol. The molecule has 0 saturated carbocycles. The molecule has 0 saturated heterocycles. The maximum atomic E-state index is 14.5. The van der Waals surface area contributed by atoms with Gasteiger partial charge in [-0.1, -0.05) is 78.9 Å². The summed E-state index contributed by atoms with van der Waals surface area (Å²) in [6.45, 7) is 4.47. The van der Waals surface area contributed by atoms with Gasteiger partial charge in [0.05, 0.1) is 35.3 Å².